The number of nitrogens with one attached hydrogen (secondary N) is 1. The van der Waals surface area contributed by atoms with E-state index in [1.54, 1.807) is 6.20 Å². The highest BCUT2D eigenvalue weighted by Gasteiger charge is 2.14. The lowest BCUT2D eigenvalue weighted by Crippen LogP contribution is -2.00. The van der Waals surface area contributed by atoms with Crippen molar-refractivity contribution in [1.29, 1.82) is 0 Å². The zero-order valence-corrected chi connectivity index (χ0v) is 14.9. The molecule has 3 N–H and O–H groups in total. The van der Waals surface area contributed by atoms with Gasteiger partial charge in [0, 0.05) is 12.1 Å². The van der Waals surface area contributed by atoms with Crippen molar-refractivity contribution in [2.24, 2.45) is 5.73 Å². The van der Waals surface area contributed by atoms with Crippen LogP contribution in [0.5, 0.6) is 0 Å². The number of ketones is 1. The van der Waals surface area contributed by atoms with Crippen molar-refractivity contribution in [2.45, 2.75) is 27.2 Å². The third kappa shape index (κ3) is 6.13. The van der Waals surface area contributed by atoms with E-state index in [1.807, 2.05) is 38.1 Å². The molecule has 22 heavy (non-hydrogen) atoms. The monoisotopic (exact) mass is 341 g/mol. The molecule has 1 aromatic carbocycles. The van der Waals surface area contributed by atoms with Crippen molar-refractivity contribution < 1.29 is 4.79 Å². The molecule has 0 spiro atoms. The van der Waals surface area contributed by atoms with E-state index >= 15 is 0 Å². The molecule has 0 aliphatic rings. The van der Waals surface area contributed by atoms with E-state index in [1.165, 1.54) is 11.3 Å². The summed E-state index contributed by atoms with van der Waals surface area (Å²) < 4.78 is 0. The van der Waals surface area contributed by atoms with E-state index in [4.69, 9.17) is 5.73 Å². The molecular weight excluding hydrogens is 318 g/mol. The van der Waals surface area contributed by atoms with Crippen LogP contribution in [-0.4, -0.2) is 23.9 Å². The molecule has 1 heterocycles. The Morgan fingerprint density at radius 2 is 1.95 bits per heavy atom. The Hall–Kier alpha value is -1.43. The molecule has 0 amide bonds. The van der Waals surface area contributed by atoms with Gasteiger partial charge in [0.25, 0.3) is 0 Å². The molecule has 1 aromatic heterocycles. The standard InChI is InChI=1S/C13H14N2OS.C3H9N.ClH/c1-3-14-13-15-8-11(17-13)12(16)10-7-5-4-6-9(10)2;1-2-3-4;/h4-8H,3H2,1-2H3,(H,14,15);2-4H2,1H3;1H. The number of benzene rings is 1. The predicted octanol–water partition coefficient (Wildman–Crippen LogP) is 3.89. The number of nitrogens with two attached hydrogens (primary N) is 1. The fourth-order valence-corrected chi connectivity index (χ4v) is 2.41. The summed E-state index contributed by atoms with van der Waals surface area (Å²) in [7, 11) is 0. The van der Waals surface area contributed by atoms with Crippen LogP contribution in [0.2, 0.25) is 0 Å². The highest BCUT2D eigenvalue weighted by molar-refractivity contribution is 7.17. The maximum Gasteiger partial charge on any atom is 0.204 e. The fraction of sp³-hybridized carbons (Fsp3) is 0.375. The van der Waals surface area contributed by atoms with E-state index in [0.717, 1.165) is 35.8 Å². The Labute approximate surface area is 142 Å². The van der Waals surface area contributed by atoms with E-state index in [-0.39, 0.29) is 18.2 Å². The number of carbonyl (C=O) groups is 1. The number of halogens is 1. The average Bonchev–Trinajstić information content (AvgIpc) is 2.96. The average molecular weight is 342 g/mol. The van der Waals surface area contributed by atoms with Gasteiger partial charge in [-0.1, -0.05) is 42.5 Å². The number of hydrogen-bond acceptors (Lipinski definition) is 5. The highest BCUT2D eigenvalue weighted by Crippen LogP contribution is 2.22. The summed E-state index contributed by atoms with van der Waals surface area (Å²) in [4.78, 5) is 17.1. The van der Waals surface area contributed by atoms with Crippen LogP contribution in [-0.2, 0) is 0 Å². The molecule has 122 valence electrons. The first-order chi connectivity index (χ1) is 10.1. The smallest absolute Gasteiger partial charge is 0.204 e. The first kappa shape index (κ1) is 20.6. The Balaban J connectivity index is 0.000000791. The predicted molar refractivity (Wildman–Crippen MR) is 97.5 cm³/mol. The summed E-state index contributed by atoms with van der Waals surface area (Å²) in [5.41, 5.74) is 6.77. The summed E-state index contributed by atoms with van der Waals surface area (Å²) in [6.07, 6.45) is 2.73. The first-order valence-electron chi connectivity index (χ1n) is 7.14. The molecule has 0 atom stereocenters. The van der Waals surface area contributed by atoms with Gasteiger partial charge in [0.2, 0.25) is 5.78 Å². The fourth-order valence-electron chi connectivity index (χ4n) is 1.57. The molecule has 0 saturated carbocycles. The van der Waals surface area contributed by atoms with E-state index in [9.17, 15) is 4.79 Å². The van der Waals surface area contributed by atoms with Crippen LogP contribution in [0.15, 0.2) is 30.5 Å². The lowest BCUT2D eigenvalue weighted by atomic mass is 10.0. The molecule has 0 bridgehead atoms. The lowest BCUT2D eigenvalue weighted by molar-refractivity contribution is 0.104. The molecule has 2 rings (SSSR count). The van der Waals surface area contributed by atoms with Crippen LogP contribution < -0.4 is 11.1 Å². The molecule has 0 radical (unpaired) electrons. The lowest BCUT2D eigenvalue weighted by Gasteiger charge is -2.01. The molecule has 2 aromatic rings. The zero-order chi connectivity index (χ0) is 15.7. The van der Waals surface area contributed by atoms with Crippen LogP contribution in [0.1, 0.15) is 41.1 Å². The van der Waals surface area contributed by atoms with Gasteiger partial charge in [-0.25, -0.2) is 4.98 Å². The first-order valence-corrected chi connectivity index (χ1v) is 7.95. The summed E-state index contributed by atoms with van der Waals surface area (Å²) in [5.74, 6) is 0.0461. The Kier molecular flexibility index (Phi) is 10.5. The van der Waals surface area contributed by atoms with Gasteiger partial charge in [-0.3, -0.25) is 4.79 Å². The van der Waals surface area contributed by atoms with Gasteiger partial charge in [0.1, 0.15) is 0 Å². The number of nitrogens with zero attached hydrogens (tertiary/aromatic N) is 1. The highest BCUT2D eigenvalue weighted by atomic mass is 35.5. The number of aryl methyl sites for hydroxylation is 1. The van der Waals surface area contributed by atoms with E-state index in [0.29, 0.717) is 4.88 Å². The molecule has 6 heteroatoms. The minimum atomic E-state index is 0. The molecule has 0 unspecified atom stereocenters. The number of aromatic nitrogens is 1. The van der Waals surface area contributed by atoms with Crippen molar-refractivity contribution in [1.82, 2.24) is 4.98 Å². The van der Waals surface area contributed by atoms with Gasteiger partial charge in [0.15, 0.2) is 5.13 Å². The van der Waals surface area contributed by atoms with Crippen LogP contribution in [0, 0.1) is 6.92 Å². The molecule has 0 aliphatic heterocycles. The van der Waals surface area contributed by atoms with Crippen LogP contribution in [0.25, 0.3) is 0 Å². The molecule has 0 fully saturated rings. The van der Waals surface area contributed by atoms with Gasteiger partial charge in [-0.05, 0) is 32.4 Å². The molecular formula is C16H24ClN3OS. The second-order valence-corrected chi connectivity index (χ2v) is 5.52. The zero-order valence-electron chi connectivity index (χ0n) is 13.3. The maximum atomic E-state index is 12.2. The topological polar surface area (TPSA) is 68.0 Å². The van der Waals surface area contributed by atoms with Gasteiger partial charge in [-0.15, -0.1) is 12.4 Å². The SMILES string of the molecule is CCCN.CCNc1ncc(C(=O)c2ccccc2C)s1.Cl. The van der Waals surface area contributed by atoms with Gasteiger partial charge < -0.3 is 11.1 Å². The minimum Gasteiger partial charge on any atom is -0.362 e. The van der Waals surface area contributed by atoms with Gasteiger partial charge in [0.05, 0.1) is 11.1 Å². The number of anilines is 1. The maximum absolute atomic E-state index is 12.2. The second kappa shape index (κ2) is 11.2. The van der Waals surface area contributed by atoms with E-state index in [2.05, 4.69) is 17.2 Å². The summed E-state index contributed by atoms with van der Waals surface area (Å²) in [6.45, 7) is 7.63. The number of thiazole rings is 1. The van der Waals surface area contributed by atoms with Crippen LogP contribution >= 0.6 is 23.7 Å². The molecule has 4 nitrogen and oxygen atoms in total. The second-order valence-electron chi connectivity index (χ2n) is 4.49. The normalized spacial score (nSPS) is 9.27. The van der Waals surface area contributed by atoms with Crippen molar-refractivity contribution in [2.75, 3.05) is 18.4 Å². The number of hydrogen-bond donors (Lipinski definition) is 2. The largest absolute Gasteiger partial charge is 0.362 e. The van der Waals surface area contributed by atoms with Gasteiger partial charge >= 0.3 is 0 Å². The Morgan fingerprint density at radius 1 is 1.32 bits per heavy atom. The summed E-state index contributed by atoms with van der Waals surface area (Å²) >= 11 is 1.40. The van der Waals surface area contributed by atoms with Crippen molar-refractivity contribution in [3.05, 3.63) is 46.5 Å². The Bertz CT molecular complexity index is 570. The quantitative estimate of drug-likeness (QED) is 0.809. The van der Waals surface area contributed by atoms with Crippen molar-refractivity contribution >= 4 is 34.7 Å². The van der Waals surface area contributed by atoms with Crippen LogP contribution in [0.4, 0.5) is 5.13 Å². The summed E-state index contributed by atoms with van der Waals surface area (Å²) in [5, 5.41) is 3.90. The van der Waals surface area contributed by atoms with E-state index < -0.39 is 0 Å². The van der Waals surface area contributed by atoms with Crippen LogP contribution in [0.3, 0.4) is 0 Å². The summed E-state index contributed by atoms with van der Waals surface area (Å²) in [6, 6.07) is 7.61. The number of carbonyl (C=O) groups excluding carboxylic acids is 1. The minimum absolute atomic E-state index is 0. The Morgan fingerprint density at radius 3 is 2.50 bits per heavy atom. The molecule has 0 aliphatic carbocycles. The third-order valence-electron chi connectivity index (χ3n) is 2.74. The van der Waals surface area contributed by atoms with Crippen molar-refractivity contribution in [3.63, 3.8) is 0 Å². The third-order valence-corrected chi connectivity index (χ3v) is 3.69. The number of rotatable bonds is 5. The molecule has 0 saturated heterocycles. The van der Waals surface area contributed by atoms with Gasteiger partial charge in [-0.2, -0.15) is 0 Å². The van der Waals surface area contributed by atoms with Crippen molar-refractivity contribution in [3.8, 4) is 0 Å².